The molecule has 1 aliphatic heterocycles. The van der Waals surface area contributed by atoms with Gasteiger partial charge in [-0.05, 0) is 13.0 Å². The lowest BCUT2D eigenvalue weighted by Gasteiger charge is -1.80. The summed E-state index contributed by atoms with van der Waals surface area (Å²) in [5.41, 5.74) is 5.14. The molecule has 0 amide bonds. The maximum absolute atomic E-state index is 8.08. The Morgan fingerprint density at radius 3 is 2.30 bits per heavy atom. The summed E-state index contributed by atoms with van der Waals surface area (Å²) in [5, 5.41) is 8.08. The first-order chi connectivity index (χ1) is 4.85. The van der Waals surface area contributed by atoms with Crippen LogP contribution in [0.25, 0.3) is 0 Å². The minimum absolute atomic E-state index is 0.190. The Hall–Kier alpha value is -0.120. The number of aliphatic hydroxyl groups excluding tert-OH is 1. The number of epoxide rings is 1. The molecule has 0 aromatic rings. The van der Waals surface area contributed by atoms with E-state index >= 15 is 0 Å². The van der Waals surface area contributed by atoms with E-state index < -0.39 is 0 Å². The van der Waals surface area contributed by atoms with Crippen LogP contribution >= 0.6 is 0 Å². The third kappa shape index (κ3) is 7.88. The molecule has 1 heterocycles. The zero-order valence-electron chi connectivity index (χ0n) is 6.55. The minimum atomic E-state index is 0.190. The van der Waals surface area contributed by atoms with Gasteiger partial charge in [0, 0.05) is 0 Å². The van der Waals surface area contributed by atoms with Crippen LogP contribution in [0, 0.1) is 0 Å². The van der Waals surface area contributed by atoms with Crippen molar-refractivity contribution >= 4 is 0 Å². The Labute approximate surface area is 62.2 Å². The smallest absolute Gasteiger partial charge is 0.104 e. The largest absolute Gasteiger partial charge is 0.394 e. The summed E-state index contributed by atoms with van der Waals surface area (Å²) in [6.07, 6.45) is 2.58. The van der Waals surface area contributed by atoms with Crippen molar-refractivity contribution in [2.24, 2.45) is 5.73 Å². The summed E-state index contributed by atoms with van der Waals surface area (Å²) in [4.78, 5) is 0. The van der Waals surface area contributed by atoms with Gasteiger partial charge in [0.15, 0.2) is 0 Å². The third-order valence-electron chi connectivity index (χ3n) is 1.16. The molecule has 3 heteroatoms. The third-order valence-corrected chi connectivity index (χ3v) is 1.16. The fourth-order valence-electron chi connectivity index (χ4n) is 0.378. The summed E-state index contributed by atoms with van der Waals surface area (Å²) in [7, 11) is 0. The lowest BCUT2D eigenvalue weighted by Crippen LogP contribution is -1.95. The van der Waals surface area contributed by atoms with Crippen LogP contribution in [0.5, 0.6) is 0 Å². The maximum atomic E-state index is 8.08. The lowest BCUT2D eigenvalue weighted by molar-refractivity contribution is 0.244. The van der Waals surface area contributed by atoms with Gasteiger partial charge in [-0.2, -0.15) is 0 Å². The molecule has 3 nitrogen and oxygen atoms in total. The number of ether oxygens (including phenoxy) is 1. The van der Waals surface area contributed by atoms with E-state index in [1.165, 1.54) is 12.8 Å². The van der Waals surface area contributed by atoms with Gasteiger partial charge in [0.1, 0.15) is 6.10 Å². The molecule has 0 spiro atoms. The molecule has 1 atom stereocenters. The number of aliphatic hydroxyl groups is 1. The summed E-state index contributed by atoms with van der Waals surface area (Å²) in [6.45, 7) is 3.93. The van der Waals surface area contributed by atoms with Crippen molar-refractivity contribution in [2.45, 2.75) is 25.9 Å². The number of nitrogens with two attached hydrogens (primary N) is 1. The quantitative estimate of drug-likeness (QED) is 0.557. The summed E-state index contributed by atoms with van der Waals surface area (Å²) >= 11 is 0. The molecule has 10 heavy (non-hydrogen) atoms. The highest BCUT2D eigenvalue weighted by molar-refractivity contribution is 4.65. The van der Waals surface area contributed by atoms with Gasteiger partial charge in [0.2, 0.25) is 0 Å². The molecule has 0 aliphatic carbocycles. The van der Waals surface area contributed by atoms with Crippen LogP contribution < -0.4 is 5.73 Å². The lowest BCUT2D eigenvalue weighted by atomic mass is 10.3. The Balaban J connectivity index is 0.000000162. The van der Waals surface area contributed by atoms with Gasteiger partial charge in [-0.1, -0.05) is 13.3 Å². The molecule has 1 fully saturated rings. The zero-order valence-corrected chi connectivity index (χ0v) is 6.55. The van der Waals surface area contributed by atoms with Gasteiger partial charge < -0.3 is 15.6 Å². The van der Waals surface area contributed by atoms with Gasteiger partial charge in [0.05, 0.1) is 13.2 Å². The second-order valence-electron chi connectivity index (χ2n) is 2.28. The van der Waals surface area contributed by atoms with Crippen molar-refractivity contribution in [1.82, 2.24) is 0 Å². The number of rotatable bonds is 3. The average Bonchev–Trinajstić information content (AvgIpc) is 2.72. The first-order valence-electron chi connectivity index (χ1n) is 3.77. The monoisotopic (exact) mass is 147 g/mol. The highest BCUT2D eigenvalue weighted by Crippen LogP contribution is 2.04. The fraction of sp³-hybridized carbons (Fsp3) is 1.00. The Morgan fingerprint density at radius 2 is 2.30 bits per heavy atom. The Bertz CT molecular complexity index is 62.6. The molecule has 0 aromatic heterocycles. The first-order valence-corrected chi connectivity index (χ1v) is 3.77. The van der Waals surface area contributed by atoms with Crippen LogP contribution in [0.4, 0.5) is 0 Å². The van der Waals surface area contributed by atoms with Crippen molar-refractivity contribution in [1.29, 1.82) is 0 Å². The van der Waals surface area contributed by atoms with E-state index in [4.69, 9.17) is 10.8 Å². The van der Waals surface area contributed by atoms with Crippen LogP contribution in [0.3, 0.4) is 0 Å². The topological polar surface area (TPSA) is 58.8 Å². The minimum Gasteiger partial charge on any atom is -0.394 e. The molecule has 0 aromatic carbocycles. The van der Waals surface area contributed by atoms with E-state index in [0.717, 1.165) is 13.2 Å². The summed E-state index contributed by atoms with van der Waals surface area (Å²) in [5.74, 6) is 0. The standard InChI is InChI=1S/C4H11N.C3H6O2/c1-2-3-4-5;4-1-3-2-5-3/h2-5H2,1H3;3-4H,1-2H2. The number of hydrogen-bond acceptors (Lipinski definition) is 3. The van der Waals surface area contributed by atoms with E-state index in [1.807, 2.05) is 0 Å². The predicted octanol–water partition coefficient (Wildman–Crippen LogP) is 0.123. The molecular formula is C7H17NO2. The Kier molecular flexibility index (Phi) is 6.91. The second kappa shape index (κ2) is 6.99. The molecule has 0 bridgehead atoms. The van der Waals surface area contributed by atoms with Crippen LogP contribution in [-0.2, 0) is 4.74 Å². The van der Waals surface area contributed by atoms with Gasteiger partial charge in [-0.15, -0.1) is 0 Å². The van der Waals surface area contributed by atoms with Crippen molar-refractivity contribution in [3.05, 3.63) is 0 Å². The number of hydrogen-bond donors (Lipinski definition) is 2. The van der Waals surface area contributed by atoms with Crippen LogP contribution in [0.2, 0.25) is 0 Å². The maximum Gasteiger partial charge on any atom is 0.104 e. The summed E-state index contributed by atoms with van der Waals surface area (Å²) in [6, 6.07) is 0. The van der Waals surface area contributed by atoms with Crippen molar-refractivity contribution in [3.8, 4) is 0 Å². The average molecular weight is 147 g/mol. The highest BCUT2D eigenvalue weighted by atomic mass is 16.6. The normalized spacial score (nSPS) is 21.3. The van der Waals surface area contributed by atoms with Gasteiger partial charge in [0.25, 0.3) is 0 Å². The summed E-state index contributed by atoms with van der Waals surface area (Å²) < 4.78 is 4.61. The Morgan fingerprint density at radius 1 is 1.70 bits per heavy atom. The molecule has 1 unspecified atom stereocenters. The van der Waals surface area contributed by atoms with Crippen LogP contribution in [-0.4, -0.2) is 31.0 Å². The van der Waals surface area contributed by atoms with Crippen molar-refractivity contribution in [2.75, 3.05) is 19.8 Å². The molecule has 1 aliphatic rings. The van der Waals surface area contributed by atoms with E-state index in [9.17, 15) is 0 Å². The fourth-order valence-corrected chi connectivity index (χ4v) is 0.378. The van der Waals surface area contributed by atoms with E-state index in [2.05, 4.69) is 11.7 Å². The van der Waals surface area contributed by atoms with Gasteiger partial charge in [-0.3, -0.25) is 0 Å². The molecule has 1 saturated heterocycles. The van der Waals surface area contributed by atoms with Crippen molar-refractivity contribution < 1.29 is 9.84 Å². The van der Waals surface area contributed by atoms with Crippen LogP contribution in [0.1, 0.15) is 19.8 Å². The highest BCUT2D eigenvalue weighted by Gasteiger charge is 2.19. The number of unbranched alkanes of at least 4 members (excludes halogenated alkanes) is 1. The molecule has 0 saturated carbocycles. The van der Waals surface area contributed by atoms with Crippen LogP contribution in [0.15, 0.2) is 0 Å². The van der Waals surface area contributed by atoms with E-state index in [1.54, 1.807) is 0 Å². The first kappa shape index (κ1) is 9.88. The zero-order chi connectivity index (χ0) is 7.82. The molecule has 0 radical (unpaired) electrons. The van der Waals surface area contributed by atoms with E-state index in [0.29, 0.717) is 0 Å². The van der Waals surface area contributed by atoms with Crippen molar-refractivity contribution in [3.63, 3.8) is 0 Å². The molecule has 1 rings (SSSR count). The SMILES string of the molecule is CCCCN.OCC1CO1. The molecule has 3 N–H and O–H groups in total. The van der Waals surface area contributed by atoms with Gasteiger partial charge >= 0.3 is 0 Å². The molecule has 62 valence electrons. The van der Waals surface area contributed by atoms with Gasteiger partial charge in [-0.25, -0.2) is 0 Å². The second-order valence-corrected chi connectivity index (χ2v) is 2.28. The predicted molar refractivity (Wildman–Crippen MR) is 40.8 cm³/mol. The molecular weight excluding hydrogens is 130 g/mol. The van der Waals surface area contributed by atoms with E-state index in [-0.39, 0.29) is 12.7 Å².